The summed E-state index contributed by atoms with van der Waals surface area (Å²) in [7, 11) is 1.77. The number of nitrogens with zero attached hydrogens (tertiary/aromatic N) is 2. The Morgan fingerprint density at radius 1 is 1.26 bits per heavy atom. The molecule has 2 aromatic rings. The lowest BCUT2D eigenvalue weighted by Gasteiger charge is -2.21. The lowest BCUT2D eigenvalue weighted by Crippen LogP contribution is -2.45. The molecule has 2 aliphatic rings. The van der Waals surface area contributed by atoms with Crippen LogP contribution < -0.4 is 10.6 Å². The van der Waals surface area contributed by atoms with E-state index in [2.05, 4.69) is 15.6 Å². The molecule has 1 unspecified atom stereocenters. The van der Waals surface area contributed by atoms with Gasteiger partial charge in [0.25, 0.3) is 0 Å². The quantitative estimate of drug-likeness (QED) is 0.643. The molecule has 0 bridgehead atoms. The standard InChI is InChI=1S/C21H28N4O2/c1-22-21(23-13-18-12-16-8-4-5-9-19(16)27-18)24-17-10-11-25(14-17)20(26)15-6-2-3-7-15/h4-5,8-9,12,15,17H,2-3,6-7,10-11,13-14H2,1H3,(H2,22,23,24). The van der Waals surface area contributed by atoms with Crippen molar-refractivity contribution in [3.05, 3.63) is 36.1 Å². The lowest BCUT2D eigenvalue weighted by molar-refractivity contribution is -0.134. The van der Waals surface area contributed by atoms with Crippen LogP contribution in [0.5, 0.6) is 0 Å². The maximum Gasteiger partial charge on any atom is 0.225 e. The highest BCUT2D eigenvalue weighted by molar-refractivity contribution is 5.82. The SMILES string of the molecule is CN=C(NCc1cc2ccccc2o1)NC1CCN(C(=O)C2CCCC2)C1. The Labute approximate surface area is 160 Å². The van der Waals surface area contributed by atoms with Crippen LogP contribution in [0.3, 0.4) is 0 Å². The zero-order valence-corrected chi connectivity index (χ0v) is 15.9. The van der Waals surface area contributed by atoms with Crippen LogP contribution in [0.15, 0.2) is 39.7 Å². The van der Waals surface area contributed by atoms with Crippen LogP contribution in [0.4, 0.5) is 0 Å². The fourth-order valence-corrected chi connectivity index (χ4v) is 4.19. The summed E-state index contributed by atoms with van der Waals surface area (Å²) in [5.41, 5.74) is 0.897. The van der Waals surface area contributed by atoms with Gasteiger partial charge in [-0.1, -0.05) is 31.0 Å². The number of para-hydroxylation sites is 1. The molecule has 1 aliphatic carbocycles. The van der Waals surface area contributed by atoms with Crippen molar-refractivity contribution >= 4 is 22.8 Å². The summed E-state index contributed by atoms with van der Waals surface area (Å²) in [4.78, 5) is 18.9. The highest BCUT2D eigenvalue weighted by atomic mass is 16.3. The Hall–Kier alpha value is -2.50. The van der Waals surface area contributed by atoms with E-state index in [4.69, 9.17) is 4.42 Å². The highest BCUT2D eigenvalue weighted by Crippen LogP contribution is 2.27. The van der Waals surface area contributed by atoms with E-state index < -0.39 is 0 Å². The van der Waals surface area contributed by atoms with Gasteiger partial charge in [-0.2, -0.15) is 0 Å². The summed E-state index contributed by atoms with van der Waals surface area (Å²) in [5.74, 6) is 2.23. The number of hydrogen-bond acceptors (Lipinski definition) is 3. The van der Waals surface area contributed by atoms with E-state index in [0.717, 1.165) is 55.0 Å². The minimum absolute atomic E-state index is 0.247. The number of carbonyl (C=O) groups excluding carboxylic acids is 1. The summed E-state index contributed by atoms with van der Waals surface area (Å²) in [5, 5.41) is 7.87. The number of nitrogens with one attached hydrogen (secondary N) is 2. The van der Waals surface area contributed by atoms with E-state index in [9.17, 15) is 4.79 Å². The van der Waals surface area contributed by atoms with Crippen molar-refractivity contribution in [1.82, 2.24) is 15.5 Å². The third-order valence-electron chi connectivity index (χ3n) is 5.68. The van der Waals surface area contributed by atoms with Crippen molar-refractivity contribution in [3.8, 4) is 0 Å². The smallest absolute Gasteiger partial charge is 0.225 e. The first-order valence-electron chi connectivity index (χ1n) is 9.96. The number of rotatable bonds is 4. The van der Waals surface area contributed by atoms with Crippen molar-refractivity contribution in [2.24, 2.45) is 10.9 Å². The number of amides is 1. The van der Waals surface area contributed by atoms with Crippen LogP contribution in [0.1, 0.15) is 37.9 Å². The summed E-state index contributed by atoms with van der Waals surface area (Å²) in [6.45, 7) is 2.18. The third-order valence-corrected chi connectivity index (χ3v) is 5.68. The molecule has 2 fully saturated rings. The number of guanidine groups is 1. The summed E-state index contributed by atoms with van der Waals surface area (Å²) >= 11 is 0. The molecule has 2 heterocycles. The minimum atomic E-state index is 0.247. The van der Waals surface area contributed by atoms with Crippen LogP contribution in [-0.2, 0) is 11.3 Å². The molecule has 2 N–H and O–H groups in total. The van der Waals surface area contributed by atoms with Crippen LogP contribution in [0.2, 0.25) is 0 Å². The fraction of sp³-hybridized carbons (Fsp3) is 0.524. The first-order valence-corrected chi connectivity index (χ1v) is 9.96. The first-order chi connectivity index (χ1) is 13.2. The Balaban J connectivity index is 1.28. The van der Waals surface area contributed by atoms with Gasteiger partial charge in [0.1, 0.15) is 11.3 Å². The number of furan rings is 1. The lowest BCUT2D eigenvalue weighted by atomic mass is 10.1. The Morgan fingerprint density at radius 3 is 2.85 bits per heavy atom. The van der Waals surface area contributed by atoms with Gasteiger partial charge in [-0.3, -0.25) is 9.79 Å². The Kier molecular flexibility index (Phi) is 5.32. The van der Waals surface area contributed by atoms with Gasteiger partial charge in [0.05, 0.1) is 6.54 Å². The van der Waals surface area contributed by atoms with Crippen LogP contribution >= 0.6 is 0 Å². The second-order valence-corrected chi connectivity index (χ2v) is 7.57. The van der Waals surface area contributed by atoms with Gasteiger partial charge in [0.2, 0.25) is 5.91 Å². The second kappa shape index (κ2) is 8.03. The third kappa shape index (κ3) is 4.10. The average Bonchev–Trinajstić information content (AvgIpc) is 3.44. The molecule has 1 saturated heterocycles. The summed E-state index contributed by atoms with van der Waals surface area (Å²) in [6.07, 6.45) is 5.49. The van der Waals surface area contributed by atoms with Crippen molar-refractivity contribution in [2.75, 3.05) is 20.1 Å². The molecule has 27 heavy (non-hydrogen) atoms. The number of carbonyl (C=O) groups is 1. The van der Waals surface area contributed by atoms with E-state index in [0.29, 0.717) is 12.5 Å². The molecule has 6 nitrogen and oxygen atoms in total. The van der Waals surface area contributed by atoms with Crippen LogP contribution in [-0.4, -0.2) is 42.9 Å². The van der Waals surface area contributed by atoms with Crippen LogP contribution in [0.25, 0.3) is 11.0 Å². The number of aliphatic imine (C=N–C) groups is 1. The molecule has 144 valence electrons. The second-order valence-electron chi connectivity index (χ2n) is 7.57. The molecule has 4 rings (SSSR count). The van der Waals surface area contributed by atoms with Gasteiger partial charge in [-0.05, 0) is 31.4 Å². The number of likely N-dealkylation sites (tertiary alicyclic amines) is 1. The van der Waals surface area contributed by atoms with Crippen LogP contribution in [0, 0.1) is 5.92 Å². The van der Waals surface area contributed by atoms with Gasteiger partial charge in [0, 0.05) is 37.5 Å². The molecule has 0 radical (unpaired) electrons. The van der Waals surface area contributed by atoms with Gasteiger partial charge in [0.15, 0.2) is 5.96 Å². The van der Waals surface area contributed by atoms with Gasteiger partial charge in [-0.15, -0.1) is 0 Å². The van der Waals surface area contributed by atoms with E-state index in [1.54, 1.807) is 7.05 Å². The molecule has 1 aromatic heterocycles. The highest BCUT2D eigenvalue weighted by Gasteiger charge is 2.32. The predicted octanol–water partition coefficient (Wildman–Crippen LogP) is 2.89. The van der Waals surface area contributed by atoms with E-state index in [1.165, 1.54) is 12.8 Å². The van der Waals surface area contributed by atoms with E-state index in [1.807, 2.05) is 35.2 Å². The maximum atomic E-state index is 12.6. The molecule has 1 saturated carbocycles. The minimum Gasteiger partial charge on any atom is -0.459 e. The molecule has 0 spiro atoms. The molecule has 1 amide bonds. The van der Waals surface area contributed by atoms with Crippen molar-refractivity contribution in [1.29, 1.82) is 0 Å². The molecule has 6 heteroatoms. The average molecular weight is 368 g/mol. The van der Waals surface area contributed by atoms with E-state index in [-0.39, 0.29) is 12.0 Å². The summed E-state index contributed by atoms with van der Waals surface area (Å²) < 4.78 is 5.84. The van der Waals surface area contributed by atoms with Gasteiger partial charge >= 0.3 is 0 Å². The Morgan fingerprint density at radius 2 is 2.07 bits per heavy atom. The van der Waals surface area contributed by atoms with Crippen molar-refractivity contribution in [2.45, 2.75) is 44.7 Å². The van der Waals surface area contributed by atoms with Gasteiger partial charge < -0.3 is 20.0 Å². The molecule has 1 aromatic carbocycles. The number of benzene rings is 1. The zero-order valence-electron chi connectivity index (χ0n) is 15.9. The normalized spacial score (nSPS) is 21.1. The number of fused-ring (bicyclic) bond motifs is 1. The Bertz CT molecular complexity index is 789. The van der Waals surface area contributed by atoms with Crippen molar-refractivity contribution < 1.29 is 9.21 Å². The topological polar surface area (TPSA) is 69.9 Å². The fourth-order valence-electron chi connectivity index (χ4n) is 4.19. The zero-order chi connectivity index (χ0) is 18.6. The monoisotopic (exact) mass is 368 g/mol. The summed E-state index contributed by atoms with van der Waals surface area (Å²) in [6, 6.07) is 10.3. The van der Waals surface area contributed by atoms with Gasteiger partial charge in [-0.25, -0.2) is 0 Å². The first kappa shape index (κ1) is 17.9. The predicted molar refractivity (Wildman–Crippen MR) is 106 cm³/mol. The molecule has 1 aliphatic heterocycles. The molecular formula is C21H28N4O2. The molecule has 1 atom stereocenters. The maximum absolute atomic E-state index is 12.6. The number of hydrogen-bond donors (Lipinski definition) is 2. The molecular weight excluding hydrogens is 340 g/mol. The van der Waals surface area contributed by atoms with Crippen molar-refractivity contribution in [3.63, 3.8) is 0 Å². The largest absolute Gasteiger partial charge is 0.459 e. The van der Waals surface area contributed by atoms with E-state index >= 15 is 0 Å².